The summed E-state index contributed by atoms with van der Waals surface area (Å²) in [5, 5.41) is 11.7. The number of rotatable bonds is 5. The molecule has 2 heterocycles. The van der Waals surface area contributed by atoms with Crippen LogP contribution in [0.1, 0.15) is 22.4 Å². The molecule has 0 saturated carbocycles. The zero-order valence-electron chi connectivity index (χ0n) is 14.6. The summed E-state index contributed by atoms with van der Waals surface area (Å²) in [5.41, 5.74) is -0.722. The van der Waals surface area contributed by atoms with Crippen molar-refractivity contribution in [2.75, 3.05) is 12.5 Å². The second-order valence-corrected chi connectivity index (χ2v) is 6.82. The fourth-order valence-corrected chi connectivity index (χ4v) is 3.40. The molecule has 2 aromatic rings. The van der Waals surface area contributed by atoms with E-state index in [9.17, 15) is 18.0 Å². The average molecular weight is 409 g/mol. The zero-order valence-corrected chi connectivity index (χ0v) is 15.4. The van der Waals surface area contributed by atoms with Crippen molar-refractivity contribution in [3.63, 3.8) is 0 Å². The van der Waals surface area contributed by atoms with Crippen molar-refractivity contribution in [1.82, 2.24) is 10.3 Å². The molecule has 0 unspecified atom stereocenters. The predicted octanol–water partition coefficient (Wildman–Crippen LogP) is 3.42. The fourth-order valence-electron chi connectivity index (χ4n) is 2.52. The SMILES string of the molecule is Cc1cc(C(F)(F)F)c(C#N)c(SCC(=O)NCc2ccc3c(c2)OCO3)n1. The van der Waals surface area contributed by atoms with Crippen molar-refractivity contribution < 1.29 is 27.4 Å². The highest BCUT2D eigenvalue weighted by Crippen LogP contribution is 2.36. The molecule has 1 aromatic heterocycles. The Kier molecular flexibility index (Phi) is 5.65. The molecule has 6 nitrogen and oxygen atoms in total. The molecule has 0 radical (unpaired) electrons. The largest absolute Gasteiger partial charge is 0.454 e. The summed E-state index contributed by atoms with van der Waals surface area (Å²) in [4.78, 5) is 16.0. The number of hydrogen-bond donors (Lipinski definition) is 1. The van der Waals surface area contributed by atoms with Gasteiger partial charge in [-0.15, -0.1) is 0 Å². The summed E-state index contributed by atoms with van der Waals surface area (Å²) >= 11 is 0.789. The maximum Gasteiger partial charge on any atom is 0.417 e. The van der Waals surface area contributed by atoms with E-state index in [2.05, 4.69) is 10.3 Å². The van der Waals surface area contributed by atoms with Crippen LogP contribution in [0.15, 0.2) is 29.3 Å². The molecule has 0 aliphatic carbocycles. The number of amides is 1. The molecule has 28 heavy (non-hydrogen) atoms. The molecular weight excluding hydrogens is 395 g/mol. The number of aromatic nitrogens is 1. The third-order valence-electron chi connectivity index (χ3n) is 3.80. The number of nitrogens with one attached hydrogen (secondary N) is 1. The van der Waals surface area contributed by atoms with Crippen molar-refractivity contribution in [2.24, 2.45) is 0 Å². The van der Waals surface area contributed by atoms with Gasteiger partial charge in [0.15, 0.2) is 11.5 Å². The van der Waals surface area contributed by atoms with Gasteiger partial charge in [0.25, 0.3) is 0 Å². The molecule has 1 aliphatic heterocycles. The maximum atomic E-state index is 13.1. The van der Waals surface area contributed by atoms with Crippen LogP contribution in [0.3, 0.4) is 0 Å². The summed E-state index contributed by atoms with van der Waals surface area (Å²) in [6, 6.07) is 7.60. The van der Waals surface area contributed by atoms with Gasteiger partial charge in [-0.2, -0.15) is 18.4 Å². The number of halogens is 3. The first-order valence-corrected chi connectivity index (χ1v) is 9.03. The van der Waals surface area contributed by atoms with Crippen LogP contribution in [0, 0.1) is 18.3 Å². The van der Waals surface area contributed by atoms with Crippen LogP contribution in [0.5, 0.6) is 11.5 Å². The topological polar surface area (TPSA) is 84.2 Å². The monoisotopic (exact) mass is 409 g/mol. The Balaban J connectivity index is 1.63. The number of carbonyl (C=O) groups excluding carboxylic acids is 1. The number of nitriles is 1. The molecule has 1 aliphatic rings. The minimum atomic E-state index is -4.67. The predicted molar refractivity (Wildman–Crippen MR) is 93.8 cm³/mol. The van der Waals surface area contributed by atoms with Crippen molar-refractivity contribution in [2.45, 2.75) is 24.7 Å². The molecule has 1 amide bonds. The number of benzene rings is 1. The normalized spacial score (nSPS) is 12.5. The minimum absolute atomic E-state index is 0.118. The summed E-state index contributed by atoms with van der Waals surface area (Å²) in [6.07, 6.45) is -4.67. The van der Waals surface area contributed by atoms with Crippen LogP contribution < -0.4 is 14.8 Å². The van der Waals surface area contributed by atoms with Gasteiger partial charge in [0.2, 0.25) is 12.7 Å². The molecule has 0 atom stereocenters. The van der Waals surface area contributed by atoms with Gasteiger partial charge in [-0.25, -0.2) is 4.98 Å². The zero-order chi connectivity index (χ0) is 20.3. The van der Waals surface area contributed by atoms with Gasteiger partial charge < -0.3 is 14.8 Å². The summed E-state index contributed by atoms with van der Waals surface area (Å²) in [6.45, 7) is 1.77. The molecular formula is C18H14F3N3O3S. The van der Waals surface area contributed by atoms with Gasteiger partial charge in [0.1, 0.15) is 11.1 Å². The van der Waals surface area contributed by atoms with Gasteiger partial charge in [-0.3, -0.25) is 4.79 Å². The van der Waals surface area contributed by atoms with E-state index in [4.69, 9.17) is 14.7 Å². The number of alkyl halides is 3. The second kappa shape index (κ2) is 7.98. The fraction of sp³-hybridized carbons (Fsp3) is 0.278. The third kappa shape index (κ3) is 4.48. The molecule has 1 N–H and O–H groups in total. The molecule has 0 bridgehead atoms. The van der Waals surface area contributed by atoms with Crippen LogP contribution in [-0.4, -0.2) is 23.4 Å². The minimum Gasteiger partial charge on any atom is -0.454 e. The Hall–Kier alpha value is -2.93. The third-order valence-corrected chi connectivity index (χ3v) is 4.77. The van der Waals surface area contributed by atoms with E-state index in [1.165, 1.54) is 6.92 Å². The van der Waals surface area contributed by atoms with E-state index in [0.717, 1.165) is 23.4 Å². The number of hydrogen-bond acceptors (Lipinski definition) is 6. The van der Waals surface area contributed by atoms with E-state index in [-0.39, 0.29) is 29.8 Å². The Morgan fingerprint density at radius 1 is 1.32 bits per heavy atom. The molecule has 0 spiro atoms. The van der Waals surface area contributed by atoms with Crippen molar-refractivity contribution in [1.29, 1.82) is 5.26 Å². The van der Waals surface area contributed by atoms with Crippen LogP contribution in [0.25, 0.3) is 0 Å². The number of aryl methyl sites for hydroxylation is 1. The molecule has 0 saturated heterocycles. The van der Waals surface area contributed by atoms with Crippen molar-refractivity contribution in [3.8, 4) is 17.6 Å². The number of pyridine rings is 1. The first-order valence-electron chi connectivity index (χ1n) is 8.05. The number of ether oxygens (including phenoxy) is 2. The lowest BCUT2D eigenvalue weighted by Gasteiger charge is -2.12. The van der Waals surface area contributed by atoms with E-state index in [1.54, 1.807) is 24.3 Å². The average Bonchev–Trinajstić information content (AvgIpc) is 3.11. The van der Waals surface area contributed by atoms with E-state index < -0.39 is 23.2 Å². The standard InChI is InChI=1S/C18H14F3N3O3S/c1-10-4-13(18(19,20)21)12(6-22)17(24-10)28-8-16(25)23-7-11-2-3-14-15(5-11)27-9-26-14/h2-5H,7-9H2,1H3,(H,23,25). The Morgan fingerprint density at radius 2 is 2.07 bits per heavy atom. The van der Waals surface area contributed by atoms with Crippen molar-refractivity contribution in [3.05, 3.63) is 46.6 Å². The van der Waals surface area contributed by atoms with Crippen LogP contribution in [0.2, 0.25) is 0 Å². The highest BCUT2D eigenvalue weighted by atomic mass is 32.2. The lowest BCUT2D eigenvalue weighted by Crippen LogP contribution is -2.24. The number of thioether (sulfide) groups is 1. The molecule has 3 rings (SSSR count). The number of nitrogens with zero attached hydrogens (tertiary/aromatic N) is 2. The Bertz CT molecular complexity index is 958. The number of fused-ring (bicyclic) bond motifs is 1. The molecule has 1 aromatic carbocycles. The van der Waals surface area contributed by atoms with Crippen molar-refractivity contribution >= 4 is 17.7 Å². The van der Waals surface area contributed by atoms with Gasteiger partial charge in [0, 0.05) is 12.2 Å². The van der Waals surface area contributed by atoms with E-state index in [1.807, 2.05) is 0 Å². The Labute approximate surface area is 162 Å². The molecule has 10 heteroatoms. The lowest BCUT2D eigenvalue weighted by molar-refractivity contribution is -0.138. The first kappa shape index (κ1) is 19.8. The molecule has 146 valence electrons. The summed E-state index contributed by atoms with van der Waals surface area (Å²) in [5.74, 6) is 0.639. The van der Waals surface area contributed by atoms with E-state index in [0.29, 0.717) is 11.5 Å². The van der Waals surface area contributed by atoms with Crippen LogP contribution in [-0.2, 0) is 17.5 Å². The quantitative estimate of drug-likeness (QED) is 0.762. The van der Waals surface area contributed by atoms with Gasteiger partial charge in [-0.1, -0.05) is 17.8 Å². The summed E-state index contributed by atoms with van der Waals surface area (Å²) in [7, 11) is 0. The summed E-state index contributed by atoms with van der Waals surface area (Å²) < 4.78 is 49.8. The van der Waals surface area contributed by atoms with Gasteiger partial charge in [-0.05, 0) is 30.7 Å². The lowest BCUT2D eigenvalue weighted by atomic mass is 10.1. The van der Waals surface area contributed by atoms with Crippen LogP contribution in [0.4, 0.5) is 13.2 Å². The van der Waals surface area contributed by atoms with Gasteiger partial charge in [0.05, 0.1) is 16.9 Å². The Morgan fingerprint density at radius 3 is 2.79 bits per heavy atom. The van der Waals surface area contributed by atoms with Crippen LogP contribution >= 0.6 is 11.8 Å². The van der Waals surface area contributed by atoms with E-state index >= 15 is 0 Å². The smallest absolute Gasteiger partial charge is 0.417 e. The molecule has 0 fully saturated rings. The highest BCUT2D eigenvalue weighted by Gasteiger charge is 2.35. The van der Waals surface area contributed by atoms with Gasteiger partial charge >= 0.3 is 6.18 Å². The highest BCUT2D eigenvalue weighted by molar-refractivity contribution is 8.00. The number of carbonyl (C=O) groups is 1. The second-order valence-electron chi connectivity index (χ2n) is 5.85. The maximum absolute atomic E-state index is 13.1. The first-order chi connectivity index (χ1) is 13.3.